The third kappa shape index (κ3) is 4.58. The topological polar surface area (TPSA) is 76.1 Å². The van der Waals surface area contributed by atoms with Gasteiger partial charge in [0.25, 0.3) is 0 Å². The Morgan fingerprint density at radius 2 is 1.81 bits per heavy atom. The average molecular weight is 369 g/mol. The van der Waals surface area contributed by atoms with Gasteiger partial charge in [0, 0.05) is 13.0 Å². The summed E-state index contributed by atoms with van der Waals surface area (Å²) in [6, 6.07) is 14.3. The molecule has 142 valence electrons. The van der Waals surface area contributed by atoms with Crippen LogP contribution in [0.15, 0.2) is 48.5 Å². The van der Waals surface area contributed by atoms with Crippen LogP contribution in [0.2, 0.25) is 0 Å². The number of carbonyl (C=O) groups excluding carboxylic acids is 1. The summed E-state index contributed by atoms with van der Waals surface area (Å²) in [5.74, 6) is 0.401. The van der Waals surface area contributed by atoms with Crippen LogP contribution < -0.4 is 9.47 Å². The molecule has 1 unspecified atom stereocenters. The van der Waals surface area contributed by atoms with Crippen LogP contribution in [0.4, 0.5) is 0 Å². The maximum Gasteiger partial charge on any atom is 0.335 e. The smallest absolute Gasteiger partial charge is 0.335 e. The Morgan fingerprint density at radius 3 is 2.56 bits per heavy atom. The summed E-state index contributed by atoms with van der Waals surface area (Å²) in [5.41, 5.74) is 0.912. The van der Waals surface area contributed by atoms with E-state index in [1.54, 1.807) is 29.2 Å². The summed E-state index contributed by atoms with van der Waals surface area (Å²) >= 11 is 0. The van der Waals surface area contributed by atoms with Crippen molar-refractivity contribution in [2.75, 3.05) is 19.7 Å². The molecular weight excluding hydrogens is 346 g/mol. The van der Waals surface area contributed by atoms with Crippen LogP contribution in [0.3, 0.4) is 0 Å². The second kappa shape index (κ2) is 8.58. The van der Waals surface area contributed by atoms with E-state index in [1.165, 1.54) is 0 Å². The largest absolute Gasteiger partial charge is 0.486 e. The lowest BCUT2D eigenvalue weighted by atomic mass is 10.0. The maximum absolute atomic E-state index is 12.6. The van der Waals surface area contributed by atoms with Crippen molar-refractivity contribution in [3.05, 3.63) is 59.7 Å². The molecule has 27 heavy (non-hydrogen) atoms. The first-order chi connectivity index (χ1) is 13.1. The molecule has 6 heteroatoms. The van der Waals surface area contributed by atoms with Crippen LogP contribution in [-0.4, -0.2) is 47.7 Å². The number of aromatic carboxylic acids is 1. The van der Waals surface area contributed by atoms with E-state index >= 15 is 0 Å². The van der Waals surface area contributed by atoms with Crippen LogP contribution in [0.1, 0.15) is 29.3 Å². The van der Waals surface area contributed by atoms with Gasteiger partial charge in [-0.3, -0.25) is 4.79 Å². The molecule has 0 radical (unpaired) electrons. The monoisotopic (exact) mass is 369 g/mol. The maximum atomic E-state index is 12.6. The molecule has 1 atom stereocenters. The van der Waals surface area contributed by atoms with E-state index < -0.39 is 5.97 Å². The van der Waals surface area contributed by atoms with E-state index in [1.807, 2.05) is 31.2 Å². The van der Waals surface area contributed by atoms with Crippen molar-refractivity contribution in [3.8, 4) is 11.5 Å². The summed E-state index contributed by atoms with van der Waals surface area (Å²) < 4.78 is 11.6. The Morgan fingerprint density at radius 1 is 1.11 bits per heavy atom. The number of nitrogens with zero attached hydrogens (tertiary/aromatic N) is 1. The van der Waals surface area contributed by atoms with Gasteiger partial charge >= 0.3 is 5.97 Å². The van der Waals surface area contributed by atoms with Crippen molar-refractivity contribution in [2.24, 2.45) is 0 Å². The first-order valence-electron chi connectivity index (χ1n) is 9.06. The summed E-state index contributed by atoms with van der Waals surface area (Å²) in [6.07, 6.45) is 0.417. The molecule has 2 aromatic rings. The van der Waals surface area contributed by atoms with E-state index in [-0.39, 0.29) is 24.0 Å². The zero-order valence-corrected chi connectivity index (χ0v) is 15.3. The second-order valence-electron chi connectivity index (χ2n) is 6.39. The number of likely N-dealkylation sites (N-methyl/N-ethyl adjacent to an activating group) is 1. The van der Waals surface area contributed by atoms with Gasteiger partial charge in [-0.2, -0.15) is 0 Å². The Hall–Kier alpha value is -3.02. The Kier molecular flexibility index (Phi) is 5.96. The van der Waals surface area contributed by atoms with Crippen molar-refractivity contribution < 1.29 is 24.2 Å². The molecule has 1 heterocycles. The number of rotatable bonds is 7. The van der Waals surface area contributed by atoms with E-state index in [4.69, 9.17) is 9.47 Å². The molecule has 3 rings (SSSR count). The lowest BCUT2D eigenvalue weighted by molar-refractivity contribution is -0.132. The highest BCUT2D eigenvalue weighted by atomic mass is 16.6. The molecule has 6 nitrogen and oxygen atoms in total. The van der Waals surface area contributed by atoms with Crippen LogP contribution in [0.25, 0.3) is 0 Å². The molecule has 0 aliphatic carbocycles. The molecule has 1 amide bonds. The number of amides is 1. The van der Waals surface area contributed by atoms with Gasteiger partial charge in [0.15, 0.2) is 17.6 Å². The molecule has 0 fully saturated rings. The number of hydrogen-bond donors (Lipinski definition) is 1. The van der Waals surface area contributed by atoms with Crippen molar-refractivity contribution >= 4 is 11.9 Å². The molecule has 2 aromatic carbocycles. The number of hydrogen-bond acceptors (Lipinski definition) is 4. The molecule has 0 bridgehead atoms. The minimum absolute atomic E-state index is 0.0276. The Bertz CT molecular complexity index is 820. The molecule has 1 N–H and O–H groups in total. The first-order valence-corrected chi connectivity index (χ1v) is 9.06. The predicted octanol–water partition coefficient (Wildman–Crippen LogP) is 3.01. The zero-order chi connectivity index (χ0) is 19.2. The SMILES string of the molecule is CCN(CC1COc2ccccc2O1)C(=O)CCc1ccccc1C(=O)O. The predicted molar refractivity (Wildman–Crippen MR) is 100 cm³/mol. The number of para-hydroxylation sites is 2. The fourth-order valence-electron chi connectivity index (χ4n) is 3.15. The highest BCUT2D eigenvalue weighted by Crippen LogP contribution is 2.31. The van der Waals surface area contributed by atoms with Gasteiger partial charge in [-0.15, -0.1) is 0 Å². The number of benzene rings is 2. The van der Waals surface area contributed by atoms with Gasteiger partial charge in [-0.25, -0.2) is 4.79 Å². The van der Waals surface area contributed by atoms with E-state index in [9.17, 15) is 14.7 Å². The zero-order valence-electron chi connectivity index (χ0n) is 15.3. The molecule has 0 saturated heterocycles. The lowest BCUT2D eigenvalue weighted by Gasteiger charge is -2.31. The van der Waals surface area contributed by atoms with Crippen molar-refractivity contribution in [3.63, 3.8) is 0 Å². The number of carboxylic acid groups (broad SMARTS) is 1. The first kappa shape index (κ1) is 18.8. The van der Waals surface area contributed by atoms with Gasteiger partial charge in [0.2, 0.25) is 5.91 Å². The van der Waals surface area contributed by atoms with E-state index in [2.05, 4.69) is 0 Å². The number of carbonyl (C=O) groups is 2. The number of aryl methyl sites for hydroxylation is 1. The summed E-state index contributed by atoms with van der Waals surface area (Å²) in [4.78, 5) is 25.7. The quantitative estimate of drug-likeness (QED) is 0.812. The van der Waals surface area contributed by atoms with Crippen LogP contribution in [0, 0.1) is 0 Å². The summed E-state index contributed by atoms with van der Waals surface area (Å²) in [6.45, 7) is 3.30. The second-order valence-corrected chi connectivity index (χ2v) is 6.39. The molecule has 1 aliphatic heterocycles. The normalized spacial score (nSPS) is 15.2. The Balaban J connectivity index is 1.58. The molecule has 0 aromatic heterocycles. The summed E-state index contributed by atoms with van der Waals surface area (Å²) in [5, 5.41) is 9.26. The fourth-order valence-corrected chi connectivity index (χ4v) is 3.15. The number of fused-ring (bicyclic) bond motifs is 1. The minimum atomic E-state index is -0.975. The third-order valence-electron chi connectivity index (χ3n) is 4.58. The van der Waals surface area contributed by atoms with Crippen molar-refractivity contribution in [1.82, 2.24) is 4.90 Å². The average Bonchev–Trinajstić information content (AvgIpc) is 2.70. The number of carboxylic acids is 1. The molecule has 0 saturated carbocycles. The van der Waals surface area contributed by atoms with Gasteiger partial charge < -0.3 is 19.5 Å². The highest BCUT2D eigenvalue weighted by Gasteiger charge is 2.24. The molecule has 1 aliphatic rings. The van der Waals surface area contributed by atoms with Crippen LogP contribution in [-0.2, 0) is 11.2 Å². The van der Waals surface area contributed by atoms with Gasteiger partial charge in [-0.1, -0.05) is 30.3 Å². The van der Waals surface area contributed by atoms with Gasteiger partial charge in [0.05, 0.1) is 12.1 Å². The minimum Gasteiger partial charge on any atom is -0.486 e. The molecular formula is C21H23NO5. The van der Waals surface area contributed by atoms with Crippen molar-refractivity contribution in [2.45, 2.75) is 25.9 Å². The summed E-state index contributed by atoms with van der Waals surface area (Å²) in [7, 11) is 0. The highest BCUT2D eigenvalue weighted by molar-refractivity contribution is 5.89. The Labute approximate surface area is 158 Å². The van der Waals surface area contributed by atoms with E-state index in [0.717, 1.165) is 0 Å². The van der Waals surface area contributed by atoms with E-state index in [0.29, 0.717) is 43.2 Å². The fraction of sp³-hybridized carbons (Fsp3) is 0.333. The van der Waals surface area contributed by atoms with Gasteiger partial charge in [-0.05, 0) is 37.1 Å². The van der Waals surface area contributed by atoms with Crippen LogP contribution in [0.5, 0.6) is 11.5 Å². The molecule has 0 spiro atoms. The van der Waals surface area contributed by atoms with Gasteiger partial charge in [0.1, 0.15) is 6.61 Å². The van der Waals surface area contributed by atoms with Crippen molar-refractivity contribution in [1.29, 1.82) is 0 Å². The lowest BCUT2D eigenvalue weighted by Crippen LogP contribution is -2.43. The number of ether oxygens (including phenoxy) is 2. The standard InChI is InChI=1S/C21H23NO5/c1-2-22(13-16-14-26-18-9-5-6-10-19(18)27-16)20(23)12-11-15-7-3-4-8-17(15)21(24)25/h3-10,16H,2,11-14H2,1H3,(H,24,25). The van der Waals surface area contributed by atoms with Crippen LogP contribution >= 0.6 is 0 Å². The third-order valence-corrected chi connectivity index (χ3v) is 4.58.